The fourth-order valence-electron chi connectivity index (χ4n) is 2.92. The number of aromatic nitrogens is 1. The fourth-order valence-corrected chi connectivity index (χ4v) is 3.27. The summed E-state index contributed by atoms with van der Waals surface area (Å²) in [5.74, 6) is -0.218. The Bertz CT molecular complexity index is 1100. The number of pyridine rings is 1. The minimum Gasteiger partial charge on any atom is -0.495 e. The van der Waals surface area contributed by atoms with Gasteiger partial charge in [-0.05, 0) is 49.4 Å². The number of ether oxygens (including phenoxy) is 1. The number of nitrogens with zero attached hydrogens (tertiary/aromatic N) is 2. The van der Waals surface area contributed by atoms with E-state index < -0.39 is 0 Å². The van der Waals surface area contributed by atoms with Gasteiger partial charge in [0.05, 0.1) is 36.1 Å². The standard InChI is InChI=1S/C21H19Cl2N3O3/c1-12-16(9-13-8-14(22)4-6-17(13)24-12)21(28)26(2)11-20(27)25-18-10-15(23)5-7-19(18)29-3/h4-10H,11H2,1-3H3,(H,25,27). The number of nitrogens with one attached hydrogen (secondary N) is 1. The minimum atomic E-state index is -0.379. The molecule has 0 radical (unpaired) electrons. The third kappa shape index (κ3) is 4.78. The molecule has 3 rings (SSSR count). The number of halogens is 2. The predicted octanol–water partition coefficient (Wildman–Crippen LogP) is 4.57. The molecule has 0 fully saturated rings. The SMILES string of the molecule is COc1ccc(Cl)cc1NC(=O)CN(C)C(=O)c1cc2cc(Cl)ccc2nc1C. The van der Waals surface area contributed by atoms with Gasteiger partial charge in [-0.15, -0.1) is 0 Å². The molecule has 150 valence electrons. The summed E-state index contributed by atoms with van der Waals surface area (Å²) < 4.78 is 5.22. The molecule has 3 aromatic rings. The summed E-state index contributed by atoms with van der Waals surface area (Å²) in [7, 11) is 3.05. The molecule has 8 heteroatoms. The second-order valence-corrected chi connectivity index (χ2v) is 7.39. The number of rotatable bonds is 5. The highest BCUT2D eigenvalue weighted by Gasteiger charge is 2.19. The van der Waals surface area contributed by atoms with Gasteiger partial charge in [0.15, 0.2) is 0 Å². The van der Waals surface area contributed by atoms with E-state index in [2.05, 4.69) is 10.3 Å². The lowest BCUT2D eigenvalue weighted by atomic mass is 10.1. The number of anilines is 1. The Morgan fingerprint density at radius 3 is 2.52 bits per heavy atom. The Morgan fingerprint density at radius 2 is 1.79 bits per heavy atom. The van der Waals surface area contributed by atoms with Crippen molar-refractivity contribution in [2.75, 3.05) is 26.0 Å². The summed E-state index contributed by atoms with van der Waals surface area (Å²) in [6.45, 7) is 1.60. The number of likely N-dealkylation sites (N-methyl/N-ethyl adjacent to an activating group) is 1. The lowest BCUT2D eigenvalue weighted by Gasteiger charge is -2.19. The molecule has 0 aliphatic heterocycles. The van der Waals surface area contributed by atoms with Crippen molar-refractivity contribution in [1.29, 1.82) is 0 Å². The normalized spacial score (nSPS) is 10.7. The molecular formula is C21H19Cl2N3O3. The Balaban J connectivity index is 1.77. The summed E-state index contributed by atoms with van der Waals surface area (Å²) in [5.41, 5.74) is 2.17. The number of aryl methyl sites for hydroxylation is 1. The van der Waals surface area contributed by atoms with Crippen LogP contribution in [-0.2, 0) is 4.79 Å². The molecule has 1 heterocycles. The molecule has 0 bridgehead atoms. The monoisotopic (exact) mass is 431 g/mol. The molecule has 1 aromatic heterocycles. The molecule has 0 spiro atoms. The quantitative estimate of drug-likeness (QED) is 0.641. The molecule has 2 amide bonds. The summed E-state index contributed by atoms with van der Waals surface area (Å²) in [6, 6.07) is 11.9. The predicted molar refractivity (Wildman–Crippen MR) is 115 cm³/mol. The van der Waals surface area contributed by atoms with Crippen molar-refractivity contribution in [2.45, 2.75) is 6.92 Å². The topological polar surface area (TPSA) is 71.5 Å². The maximum atomic E-state index is 12.9. The van der Waals surface area contributed by atoms with E-state index in [1.54, 1.807) is 56.4 Å². The molecule has 0 saturated heterocycles. The minimum absolute atomic E-state index is 0.151. The zero-order chi connectivity index (χ0) is 21.1. The number of carbonyl (C=O) groups is 2. The van der Waals surface area contributed by atoms with Gasteiger partial charge in [-0.2, -0.15) is 0 Å². The number of benzene rings is 2. The van der Waals surface area contributed by atoms with Gasteiger partial charge < -0.3 is 15.0 Å². The molecular weight excluding hydrogens is 413 g/mol. The van der Waals surface area contributed by atoms with E-state index in [9.17, 15) is 9.59 Å². The average molecular weight is 432 g/mol. The highest BCUT2D eigenvalue weighted by Crippen LogP contribution is 2.27. The highest BCUT2D eigenvalue weighted by atomic mass is 35.5. The van der Waals surface area contributed by atoms with E-state index in [-0.39, 0.29) is 18.4 Å². The second-order valence-electron chi connectivity index (χ2n) is 6.51. The van der Waals surface area contributed by atoms with E-state index in [1.807, 2.05) is 0 Å². The Labute approximate surface area is 178 Å². The molecule has 29 heavy (non-hydrogen) atoms. The molecule has 1 N–H and O–H groups in total. The largest absolute Gasteiger partial charge is 0.495 e. The summed E-state index contributed by atoms with van der Waals surface area (Å²) in [6.07, 6.45) is 0. The lowest BCUT2D eigenvalue weighted by Crippen LogP contribution is -2.35. The number of methoxy groups -OCH3 is 1. The molecule has 0 unspecified atom stereocenters. The third-order valence-electron chi connectivity index (χ3n) is 4.36. The van der Waals surface area contributed by atoms with Crippen LogP contribution in [0, 0.1) is 6.92 Å². The van der Waals surface area contributed by atoms with Gasteiger partial charge in [-0.25, -0.2) is 0 Å². The summed E-state index contributed by atoms with van der Waals surface area (Å²) in [4.78, 5) is 31.1. The van der Waals surface area contributed by atoms with E-state index >= 15 is 0 Å². The molecule has 0 atom stereocenters. The first-order valence-electron chi connectivity index (χ1n) is 8.74. The van der Waals surface area contributed by atoms with Crippen LogP contribution in [-0.4, -0.2) is 42.4 Å². The smallest absolute Gasteiger partial charge is 0.255 e. The van der Waals surface area contributed by atoms with Gasteiger partial charge in [-0.1, -0.05) is 23.2 Å². The fraction of sp³-hybridized carbons (Fsp3) is 0.190. The highest BCUT2D eigenvalue weighted by molar-refractivity contribution is 6.31. The maximum Gasteiger partial charge on any atom is 0.255 e. The Morgan fingerprint density at radius 1 is 1.10 bits per heavy atom. The van der Waals surface area contributed by atoms with Crippen molar-refractivity contribution in [3.63, 3.8) is 0 Å². The van der Waals surface area contributed by atoms with Crippen LogP contribution in [0.2, 0.25) is 10.0 Å². The van der Waals surface area contributed by atoms with Crippen LogP contribution in [0.15, 0.2) is 42.5 Å². The first-order valence-corrected chi connectivity index (χ1v) is 9.50. The van der Waals surface area contributed by atoms with E-state index in [0.717, 1.165) is 10.9 Å². The van der Waals surface area contributed by atoms with Gasteiger partial charge in [0, 0.05) is 22.5 Å². The first kappa shape index (κ1) is 20.9. The zero-order valence-electron chi connectivity index (χ0n) is 16.1. The van der Waals surface area contributed by atoms with Crippen LogP contribution in [0.5, 0.6) is 5.75 Å². The van der Waals surface area contributed by atoms with Gasteiger partial charge in [0.25, 0.3) is 5.91 Å². The average Bonchev–Trinajstić information content (AvgIpc) is 2.67. The maximum absolute atomic E-state index is 12.9. The van der Waals surface area contributed by atoms with Gasteiger partial charge in [-0.3, -0.25) is 14.6 Å². The number of hydrogen-bond acceptors (Lipinski definition) is 4. The number of hydrogen-bond donors (Lipinski definition) is 1. The van der Waals surface area contributed by atoms with Crippen LogP contribution in [0.3, 0.4) is 0 Å². The van der Waals surface area contributed by atoms with Crippen molar-refractivity contribution >= 4 is 51.6 Å². The van der Waals surface area contributed by atoms with E-state index in [4.69, 9.17) is 27.9 Å². The molecule has 6 nitrogen and oxygen atoms in total. The van der Waals surface area contributed by atoms with Gasteiger partial charge >= 0.3 is 0 Å². The Kier molecular flexibility index (Phi) is 6.25. The number of fused-ring (bicyclic) bond motifs is 1. The van der Waals surface area contributed by atoms with Crippen molar-refractivity contribution in [2.24, 2.45) is 0 Å². The molecule has 0 saturated carbocycles. The molecule has 2 aromatic carbocycles. The molecule has 0 aliphatic rings. The lowest BCUT2D eigenvalue weighted by molar-refractivity contribution is -0.116. The first-order chi connectivity index (χ1) is 13.8. The van der Waals surface area contributed by atoms with Gasteiger partial charge in [0.1, 0.15) is 5.75 Å². The van der Waals surface area contributed by atoms with Gasteiger partial charge in [0.2, 0.25) is 5.91 Å². The van der Waals surface area contributed by atoms with Crippen LogP contribution in [0.1, 0.15) is 16.1 Å². The van der Waals surface area contributed by atoms with Crippen LogP contribution in [0.4, 0.5) is 5.69 Å². The van der Waals surface area contributed by atoms with E-state index in [1.165, 1.54) is 12.0 Å². The summed E-state index contributed by atoms with van der Waals surface area (Å²) in [5, 5.41) is 4.49. The zero-order valence-corrected chi connectivity index (χ0v) is 17.6. The Hall–Kier alpha value is -2.83. The second kappa shape index (κ2) is 8.68. The van der Waals surface area contributed by atoms with Crippen molar-refractivity contribution < 1.29 is 14.3 Å². The van der Waals surface area contributed by atoms with E-state index in [0.29, 0.717) is 32.7 Å². The summed E-state index contributed by atoms with van der Waals surface area (Å²) >= 11 is 12.0. The van der Waals surface area contributed by atoms with Crippen LogP contribution in [0.25, 0.3) is 10.9 Å². The molecule has 0 aliphatic carbocycles. The van der Waals surface area contributed by atoms with Crippen molar-refractivity contribution in [1.82, 2.24) is 9.88 Å². The van der Waals surface area contributed by atoms with Crippen LogP contribution < -0.4 is 10.1 Å². The number of carbonyl (C=O) groups excluding carboxylic acids is 2. The van der Waals surface area contributed by atoms with Crippen molar-refractivity contribution in [3.05, 3.63) is 63.8 Å². The third-order valence-corrected chi connectivity index (χ3v) is 4.83. The van der Waals surface area contributed by atoms with Crippen molar-refractivity contribution in [3.8, 4) is 5.75 Å². The number of amides is 2. The van der Waals surface area contributed by atoms with Crippen LogP contribution >= 0.6 is 23.2 Å².